The molecule has 0 aliphatic carbocycles. The third kappa shape index (κ3) is 3.58. The molecule has 2 aromatic rings. The van der Waals surface area contributed by atoms with E-state index in [4.69, 9.17) is 4.74 Å². The van der Waals surface area contributed by atoms with E-state index in [2.05, 4.69) is 5.32 Å². The molecule has 4 heteroatoms. The van der Waals surface area contributed by atoms with Gasteiger partial charge in [0.2, 0.25) is 0 Å². The van der Waals surface area contributed by atoms with Gasteiger partial charge in [-0.05, 0) is 37.7 Å². The Morgan fingerprint density at radius 2 is 1.86 bits per heavy atom. The van der Waals surface area contributed by atoms with Crippen molar-refractivity contribution in [2.45, 2.75) is 19.4 Å². The van der Waals surface area contributed by atoms with Gasteiger partial charge in [-0.2, -0.15) is 0 Å². The van der Waals surface area contributed by atoms with E-state index in [1.165, 1.54) is 6.07 Å². The summed E-state index contributed by atoms with van der Waals surface area (Å²) in [5.74, 6) is -0.220. The number of halogens is 2. The van der Waals surface area contributed by atoms with E-state index in [-0.39, 0.29) is 5.56 Å². The van der Waals surface area contributed by atoms with Crippen LogP contribution in [0, 0.1) is 11.6 Å². The summed E-state index contributed by atoms with van der Waals surface area (Å²) in [5.41, 5.74) is 1.06. The highest BCUT2D eigenvalue weighted by Crippen LogP contribution is 2.31. The Labute approximate surface area is 123 Å². The Hall–Kier alpha value is -1.94. The van der Waals surface area contributed by atoms with Crippen LogP contribution in [0.5, 0.6) is 5.75 Å². The normalized spacial score (nSPS) is 12.2. The van der Waals surface area contributed by atoms with E-state index in [9.17, 15) is 8.78 Å². The van der Waals surface area contributed by atoms with E-state index in [0.29, 0.717) is 12.4 Å². The lowest BCUT2D eigenvalue weighted by Gasteiger charge is -2.21. The van der Waals surface area contributed by atoms with Crippen LogP contribution in [0.1, 0.15) is 30.5 Å². The van der Waals surface area contributed by atoms with Crippen molar-refractivity contribution in [1.29, 1.82) is 0 Å². The molecule has 0 fully saturated rings. The summed E-state index contributed by atoms with van der Waals surface area (Å²) >= 11 is 0. The third-order valence-corrected chi connectivity index (χ3v) is 3.25. The molecule has 1 unspecified atom stereocenters. The number of hydrogen-bond donors (Lipinski definition) is 1. The fraction of sp³-hybridized carbons (Fsp3) is 0.294. The fourth-order valence-electron chi connectivity index (χ4n) is 2.28. The molecule has 1 N–H and O–H groups in total. The van der Waals surface area contributed by atoms with E-state index in [1.807, 2.05) is 31.2 Å². The Morgan fingerprint density at radius 3 is 2.57 bits per heavy atom. The largest absolute Gasteiger partial charge is 0.493 e. The standard InChI is InChI=1S/C17H19F2NO/c1-3-10-21-16-7-5-4-6-13(16)17(20-2)14-11-12(18)8-9-15(14)19/h4-9,11,17,20H,3,10H2,1-2H3. The number of rotatable bonds is 6. The molecular weight excluding hydrogens is 272 g/mol. The Morgan fingerprint density at radius 1 is 1.10 bits per heavy atom. The maximum absolute atomic E-state index is 14.0. The molecule has 0 radical (unpaired) electrons. The average molecular weight is 291 g/mol. The molecule has 2 rings (SSSR count). The molecule has 21 heavy (non-hydrogen) atoms. The number of nitrogens with one attached hydrogen (secondary N) is 1. The monoisotopic (exact) mass is 291 g/mol. The maximum Gasteiger partial charge on any atom is 0.128 e. The highest BCUT2D eigenvalue weighted by molar-refractivity contribution is 5.42. The molecule has 0 bridgehead atoms. The van der Waals surface area contributed by atoms with Crippen LogP contribution in [0.3, 0.4) is 0 Å². The predicted octanol–water partition coefficient (Wildman–Crippen LogP) is 4.06. The molecule has 0 saturated carbocycles. The predicted molar refractivity (Wildman–Crippen MR) is 79.5 cm³/mol. The van der Waals surface area contributed by atoms with Crippen LogP contribution in [0.2, 0.25) is 0 Å². The van der Waals surface area contributed by atoms with Crippen LogP contribution in [0.25, 0.3) is 0 Å². The van der Waals surface area contributed by atoms with Crippen molar-refractivity contribution in [3.8, 4) is 5.75 Å². The lowest BCUT2D eigenvalue weighted by atomic mass is 9.97. The van der Waals surface area contributed by atoms with Gasteiger partial charge in [-0.1, -0.05) is 25.1 Å². The van der Waals surface area contributed by atoms with Crippen molar-refractivity contribution in [3.05, 3.63) is 65.2 Å². The summed E-state index contributed by atoms with van der Waals surface area (Å²) in [5, 5.41) is 3.03. The molecular formula is C17H19F2NO. The molecule has 1 atom stereocenters. The minimum Gasteiger partial charge on any atom is -0.493 e. The van der Waals surface area contributed by atoms with Crippen LogP contribution in [0.15, 0.2) is 42.5 Å². The minimum absolute atomic E-state index is 0.269. The van der Waals surface area contributed by atoms with Crippen molar-refractivity contribution >= 4 is 0 Å². The molecule has 0 heterocycles. The van der Waals surface area contributed by atoms with Crippen molar-refractivity contribution in [3.63, 3.8) is 0 Å². The fourth-order valence-corrected chi connectivity index (χ4v) is 2.28. The summed E-state index contributed by atoms with van der Waals surface area (Å²) in [6.07, 6.45) is 0.882. The van der Waals surface area contributed by atoms with Crippen molar-refractivity contribution in [2.24, 2.45) is 0 Å². The summed E-state index contributed by atoms with van der Waals surface area (Å²) in [6, 6.07) is 10.4. The second kappa shape index (κ2) is 7.18. The second-order valence-electron chi connectivity index (χ2n) is 4.77. The van der Waals surface area contributed by atoms with Gasteiger partial charge in [-0.25, -0.2) is 8.78 Å². The molecule has 0 aromatic heterocycles. The summed E-state index contributed by atoms with van der Waals surface area (Å²) in [6.45, 7) is 2.60. The Kier molecular flexibility index (Phi) is 5.28. The van der Waals surface area contributed by atoms with Gasteiger partial charge in [0, 0.05) is 11.1 Å². The van der Waals surface area contributed by atoms with Crippen LogP contribution >= 0.6 is 0 Å². The highest BCUT2D eigenvalue weighted by atomic mass is 19.1. The highest BCUT2D eigenvalue weighted by Gasteiger charge is 2.20. The van der Waals surface area contributed by atoms with Gasteiger partial charge in [-0.3, -0.25) is 0 Å². The zero-order valence-electron chi connectivity index (χ0n) is 12.2. The molecule has 0 saturated heterocycles. The van der Waals surface area contributed by atoms with Crippen molar-refractivity contribution < 1.29 is 13.5 Å². The van der Waals surface area contributed by atoms with Crippen LogP contribution in [-0.2, 0) is 0 Å². The van der Waals surface area contributed by atoms with Crippen molar-refractivity contribution in [1.82, 2.24) is 5.32 Å². The Balaban J connectivity index is 2.44. The van der Waals surface area contributed by atoms with Crippen molar-refractivity contribution in [2.75, 3.05) is 13.7 Å². The van der Waals surface area contributed by atoms with E-state index in [1.54, 1.807) is 7.05 Å². The molecule has 2 nitrogen and oxygen atoms in total. The smallest absolute Gasteiger partial charge is 0.128 e. The van der Waals surface area contributed by atoms with Gasteiger partial charge in [0.15, 0.2) is 0 Å². The molecule has 0 spiro atoms. The molecule has 0 amide bonds. The zero-order chi connectivity index (χ0) is 15.2. The topological polar surface area (TPSA) is 21.3 Å². The lowest BCUT2D eigenvalue weighted by Crippen LogP contribution is -2.20. The molecule has 0 aliphatic rings. The average Bonchev–Trinajstić information content (AvgIpc) is 2.50. The first-order valence-electron chi connectivity index (χ1n) is 7.01. The van der Waals surface area contributed by atoms with Gasteiger partial charge >= 0.3 is 0 Å². The SMILES string of the molecule is CCCOc1ccccc1C(NC)c1cc(F)ccc1F. The van der Waals surface area contributed by atoms with Gasteiger partial charge < -0.3 is 10.1 Å². The van der Waals surface area contributed by atoms with E-state index < -0.39 is 17.7 Å². The first-order chi connectivity index (χ1) is 10.2. The van der Waals surface area contributed by atoms with Crippen LogP contribution in [0.4, 0.5) is 8.78 Å². The number of ether oxygens (including phenoxy) is 1. The minimum atomic E-state index is -0.464. The van der Waals surface area contributed by atoms with Gasteiger partial charge in [0.05, 0.1) is 12.6 Å². The number of hydrogen-bond acceptors (Lipinski definition) is 2. The third-order valence-electron chi connectivity index (χ3n) is 3.25. The van der Waals surface area contributed by atoms with Gasteiger partial charge in [-0.15, -0.1) is 0 Å². The van der Waals surface area contributed by atoms with Gasteiger partial charge in [0.1, 0.15) is 17.4 Å². The molecule has 2 aromatic carbocycles. The number of benzene rings is 2. The summed E-state index contributed by atoms with van der Waals surface area (Å²) in [4.78, 5) is 0. The summed E-state index contributed by atoms with van der Waals surface area (Å²) < 4.78 is 33.2. The first-order valence-corrected chi connectivity index (χ1v) is 7.01. The van der Waals surface area contributed by atoms with E-state index in [0.717, 1.165) is 24.1 Å². The Bertz CT molecular complexity index is 601. The quantitative estimate of drug-likeness (QED) is 0.866. The maximum atomic E-state index is 14.0. The van der Waals surface area contributed by atoms with Gasteiger partial charge in [0.25, 0.3) is 0 Å². The lowest BCUT2D eigenvalue weighted by molar-refractivity contribution is 0.312. The molecule has 112 valence electrons. The van der Waals surface area contributed by atoms with Crippen LogP contribution in [-0.4, -0.2) is 13.7 Å². The van der Waals surface area contributed by atoms with E-state index >= 15 is 0 Å². The number of para-hydroxylation sites is 1. The van der Waals surface area contributed by atoms with Crippen LogP contribution < -0.4 is 10.1 Å². The molecule has 0 aliphatic heterocycles. The first kappa shape index (κ1) is 15.4. The summed E-state index contributed by atoms with van der Waals surface area (Å²) in [7, 11) is 1.71. The second-order valence-corrected chi connectivity index (χ2v) is 4.77. The zero-order valence-corrected chi connectivity index (χ0v) is 12.2.